The highest BCUT2D eigenvalue weighted by Gasteiger charge is 2.21. The van der Waals surface area contributed by atoms with E-state index in [2.05, 4.69) is 22.6 Å². The molecule has 1 aliphatic heterocycles. The Morgan fingerprint density at radius 2 is 1.83 bits per heavy atom. The lowest BCUT2D eigenvalue weighted by Gasteiger charge is -1.99. The fourth-order valence-corrected chi connectivity index (χ4v) is 1.82. The number of fused-ring (bicyclic) bond motifs is 1. The fraction of sp³-hybridized carbons (Fsp3) is 0.143. The summed E-state index contributed by atoms with van der Waals surface area (Å²) in [6.45, 7) is 2.04. The molecule has 0 atom stereocenters. The Labute approximate surface area is 97.6 Å². The number of hydrogen-bond acceptors (Lipinski definition) is 3. The van der Waals surface area contributed by atoms with Crippen molar-refractivity contribution in [2.45, 2.75) is 6.92 Å². The van der Waals surface area contributed by atoms with Crippen molar-refractivity contribution in [1.29, 1.82) is 0 Å². The second-order valence-electron chi connectivity index (χ2n) is 2.44. The van der Waals surface area contributed by atoms with Gasteiger partial charge in [0.25, 0.3) is 0 Å². The van der Waals surface area contributed by atoms with Crippen LogP contribution >= 0.6 is 45.5 Å². The molecule has 1 heterocycles. The lowest BCUT2D eigenvalue weighted by Crippen LogP contribution is -2.11. The zero-order chi connectivity index (χ0) is 8.72. The number of nitrogens with zero attached hydrogens (tertiary/aromatic N) is 1. The standard InChI is InChI=1S/C7H5I2NO2/c1-4-2-6-7(3-5(4)8)12-10(9)11-6/h2-3H,1H3. The van der Waals surface area contributed by atoms with Crippen molar-refractivity contribution >= 4 is 45.5 Å². The molecule has 0 aliphatic carbocycles. The summed E-state index contributed by atoms with van der Waals surface area (Å²) >= 11 is 4.21. The van der Waals surface area contributed by atoms with E-state index in [0.717, 1.165) is 11.5 Å². The molecule has 1 aliphatic rings. The Morgan fingerprint density at radius 1 is 1.25 bits per heavy atom. The Kier molecular flexibility index (Phi) is 2.34. The lowest BCUT2D eigenvalue weighted by molar-refractivity contribution is -0.104. The first-order chi connectivity index (χ1) is 5.66. The van der Waals surface area contributed by atoms with Crippen LogP contribution < -0.4 is 9.68 Å². The van der Waals surface area contributed by atoms with Crippen LogP contribution in [-0.4, -0.2) is 3.44 Å². The molecule has 1 aromatic carbocycles. The molecule has 0 saturated carbocycles. The Balaban J connectivity index is 2.48. The van der Waals surface area contributed by atoms with Gasteiger partial charge < -0.3 is 9.68 Å². The van der Waals surface area contributed by atoms with E-state index < -0.39 is 0 Å². The Bertz CT molecular complexity index is 298. The van der Waals surface area contributed by atoms with E-state index in [9.17, 15) is 0 Å². The van der Waals surface area contributed by atoms with Crippen LogP contribution in [0.3, 0.4) is 0 Å². The molecule has 0 spiro atoms. The molecule has 5 heteroatoms. The molecule has 64 valence electrons. The molecular formula is C7H5I2NO2. The first-order valence-electron chi connectivity index (χ1n) is 3.29. The number of rotatable bonds is 0. The Morgan fingerprint density at radius 3 is 2.50 bits per heavy atom. The third kappa shape index (κ3) is 1.49. The van der Waals surface area contributed by atoms with E-state index >= 15 is 0 Å². The smallest absolute Gasteiger partial charge is 0.198 e. The maximum absolute atomic E-state index is 5.24. The monoisotopic (exact) mass is 389 g/mol. The molecule has 0 amide bonds. The van der Waals surface area contributed by atoms with E-state index in [1.165, 1.54) is 12.6 Å². The SMILES string of the molecule is Cc1cc2c(cc1I)ON(I)O2. The highest BCUT2D eigenvalue weighted by Crippen LogP contribution is 2.37. The summed E-state index contributed by atoms with van der Waals surface area (Å²) in [5, 5.41) is 0. The lowest BCUT2D eigenvalue weighted by atomic mass is 10.2. The molecule has 3 nitrogen and oxygen atoms in total. The van der Waals surface area contributed by atoms with Crippen LogP contribution in [0.4, 0.5) is 0 Å². The molecule has 0 aromatic heterocycles. The topological polar surface area (TPSA) is 21.7 Å². The van der Waals surface area contributed by atoms with Gasteiger partial charge in [0.05, 0.1) is 3.44 Å². The number of hydrogen-bond donors (Lipinski definition) is 0. The minimum Gasteiger partial charge on any atom is -0.359 e. The van der Waals surface area contributed by atoms with Gasteiger partial charge in [-0.05, 0) is 41.1 Å². The van der Waals surface area contributed by atoms with E-state index in [-0.39, 0.29) is 0 Å². The minimum absolute atomic E-state index is 0.777. The molecule has 0 radical (unpaired) electrons. The first-order valence-corrected chi connectivity index (χ1v) is 5.33. The average Bonchev–Trinajstić information content (AvgIpc) is 2.30. The maximum Gasteiger partial charge on any atom is 0.198 e. The molecular weight excluding hydrogens is 384 g/mol. The predicted molar refractivity (Wildman–Crippen MR) is 61.0 cm³/mol. The second-order valence-corrected chi connectivity index (χ2v) is 4.39. The molecule has 12 heavy (non-hydrogen) atoms. The van der Waals surface area contributed by atoms with Gasteiger partial charge in [0.2, 0.25) is 0 Å². The van der Waals surface area contributed by atoms with Crippen molar-refractivity contribution in [3.05, 3.63) is 21.3 Å². The predicted octanol–water partition coefficient (Wildman–Crippen LogP) is 2.85. The normalized spacial score (nSPS) is 15.2. The average molecular weight is 389 g/mol. The van der Waals surface area contributed by atoms with Gasteiger partial charge in [-0.25, -0.2) is 0 Å². The molecule has 0 N–H and O–H groups in total. The summed E-state index contributed by atoms with van der Waals surface area (Å²) in [5.41, 5.74) is 1.20. The molecule has 0 bridgehead atoms. The highest BCUT2D eigenvalue weighted by atomic mass is 127. The van der Waals surface area contributed by atoms with Gasteiger partial charge in [0.15, 0.2) is 11.5 Å². The molecule has 2 rings (SSSR count). The molecule has 0 unspecified atom stereocenters. The number of benzene rings is 1. The van der Waals surface area contributed by atoms with Gasteiger partial charge in [0, 0.05) is 9.64 Å². The van der Waals surface area contributed by atoms with Gasteiger partial charge >= 0.3 is 0 Å². The third-order valence-corrected chi connectivity index (χ3v) is 3.12. The maximum atomic E-state index is 5.24. The molecule has 0 fully saturated rings. The van der Waals surface area contributed by atoms with Gasteiger partial charge in [0.1, 0.15) is 22.9 Å². The van der Waals surface area contributed by atoms with Gasteiger partial charge in [-0.15, -0.1) is 0 Å². The summed E-state index contributed by atoms with van der Waals surface area (Å²) in [4.78, 5) is 10.5. The van der Waals surface area contributed by atoms with Crippen LogP contribution in [-0.2, 0) is 0 Å². The summed E-state index contributed by atoms with van der Waals surface area (Å²) in [5.74, 6) is 1.56. The van der Waals surface area contributed by atoms with Crippen LogP contribution in [0.25, 0.3) is 0 Å². The van der Waals surface area contributed by atoms with Crippen molar-refractivity contribution < 1.29 is 9.68 Å². The van der Waals surface area contributed by atoms with Crippen molar-refractivity contribution in [3.8, 4) is 11.5 Å². The van der Waals surface area contributed by atoms with Crippen molar-refractivity contribution in [2.75, 3.05) is 0 Å². The van der Waals surface area contributed by atoms with Crippen LogP contribution in [0.1, 0.15) is 5.56 Å². The summed E-state index contributed by atoms with van der Waals surface area (Å²) in [7, 11) is 0. The van der Waals surface area contributed by atoms with Gasteiger partial charge in [-0.1, -0.05) is 0 Å². The van der Waals surface area contributed by atoms with E-state index in [1.54, 1.807) is 0 Å². The van der Waals surface area contributed by atoms with Crippen LogP contribution in [0.15, 0.2) is 12.1 Å². The molecule has 0 saturated heterocycles. The van der Waals surface area contributed by atoms with E-state index in [1.807, 2.05) is 41.9 Å². The zero-order valence-electron chi connectivity index (χ0n) is 6.17. The van der Waals surface area contributed by atoms with Crippen LogP contribution in [0.5, 0.6) is 11.5 Å². The van der Waals surface area contributed by atoms with Crippen molar-refractivity contribution in [2.24, 2.45) is 0 Å². The number of aryl methyl sites for hydroxylation is 1. The summed E-state index contributed by atoms with van der Waals surface area (Å²) in [6, 6.07) is 3.93. The van der Waals surface area contributed by atoms with Crippen molar-refractivity contribution in [3.63, 3.8) is 0 Å². The van der Waals surface area contributed by atoms with E-state index in [4.69, 9.17) is 9.68 Å². The largest absolute Gasteiger partial charge is 0.359 e. The molecule has 1 aromatic rings. The quantitative estimate of drug-likeness (QED) is 0.504. The number of halogens is 2. The third-order valence-electron chi connectivity index (χ3n) is 1.57. The second kappa shape index (κ2) is 3.18. The minimum atomic E-state index is 0.777. The zero-order valence-corrected chi connectivity index (χ0v) is 10.5. The van der Waals surface area contributed by atoms with Crippen LogP contribution in [0.2, 0.25) is 0 Å². The Hall–Kier alpha value is 0.240. The summed E-state index contributed by atoms with van der Waals surface area (Å²) < 4.78 is 2.50. The van der Waals surface area contributed by atoms with Crippen molar-refractivity contribution in [1.82, 2.24) is 3.44 Å². The van der Waals surface area contributed by atoms with E-state index in [0.29, 0.717) is 0 Å². The van der Waals surface area contributed by atoms with Gasteiger partial charge in [-0.2, -0.15) is 0 Å². The highest BCUT2D eigenvalue weighted by molar-refractivity contribution is 14.1. The first kappa shape index (κ1) is 8.82. The summed E-state index contributed by atoms with van der Waals surface area (Å²) in [6.07, 6.45) is 0. The van der Waals surface area contributed by atoms with Gasteiger partial charge in [-0.3, -0.25) is 0 Å². The fourth-order valence-electron chi connectivity index (χ4n) is 0.953. The van der Waals surface area contributed by atoms with Crippen LogP contribution in [0, 0.1) is 10.5 Å².